The number of carbonyl (C=O) groups excluding carboxylic acids is 1. The third-order valence-corrected chi connectivity index (χ3v) is 4.21. The van der Waals surface area contributed by atoms with Crippen molar-refractivity contribution in [1.82, 2.24) is 10.2 Å². The summed E-state index contributed by atoms with van der Waals surface area (Å²) < 4.78 is 5.31. The summed E-state index contributed by atoms with van der Waals surface area (Å²) in [5.74, 6) is -0.0888. The van der Waals surface area contributed by atoms with Crippen LogP contribution in [-0.2, 0) is 9.53 Å². The maximum Gasteiger partial charge on any atom is 0.327 e. The zero-order chi connectivity index (χ0) is 14.6. The summed E-state index contributed by atoms with van der Waals surface area (Å²) in [7, 11) is 0. The van der Waals surface area contributed by atoms with E-state index in [2.05, 4.69) is 17.1 Å². The molecule has 0 aliphatic heterocycles. The first-order chi connectivity index (χ1) is 9.59. The molecule has 2 aliphatic rings. The summed E-state index contributed by atoms with van der Waals surface area (Å²) in [5.41, 5.74) is -0.548. The number of nitrogens with zero attached hydrogens (tertiary/aromatic N) is 1. The summed E-state index contributed by atoms with van der Waals surface area (Å²) in [6.45, 7) is 8.46. The lowest BCUT2D eigenvalue weighted by molar-refractivity contribution is -0.151. The summed E-state index contributed by atoms with van der Waals surface area (Å²) in [6.07, 6.45) is 7.35. The molecule has 2 saturated carbocycles. The predicted molar refractivity (Wildman–Crippen MR) is 80.7 cm³/mol. The Labute approximate surface area is 123 Å². The van der Waals surface area contributed by atoms with Gasteiger partial charge in [-0.1, -0.05) is 13.3 Å². The summed E-state index contributed by atoms with van der Waals surface area (Å²) in [6, 6.07) is 1.20. The molecule has 0 amide bonds. The SMILES string of the molecule is CCCCN(CC(C)(NC1CC1)C(=O)OCC)C1CC1. The van der Waals surface area contributed by atoms with Crippen molar-refractivity contribution in [3.05, 3.63) is 0 Å². The van der Waals surface area contributed by atoms with Crippen LogP contribution in [0.3, 0.4) is 0 Å². The average molecular weight is 282 g/mol. The maximum absolute atomic E-state index is 12.4. The van der Waals surface area contributed by atoms with Gasteiger partial charge >= 0.3 is 5.97 Å². The molecule has 0 aromatic rings. The Morgan fingerprint density at radius 3 is 2.50 bits per heavy atom. The van der Waals surface area contributed by atoms with Crippen molar-refractivity contribution in [3.8, 4) is 0 Å². The van der Waals surface area contributed by atoms with Crippen molar-refractivity contribution in [2.24, 2.45) is 0 Å². The molecule has 4 heteroatoms. The number of ether oxygens (including phenoxy) is 1. The molecule has 1 atom stereocenters. The van der Waals surface area contributed by atoms with Gasteiger partial charge in [0.15, 0.2) is 0 Å². The van der Waals surface area contributed by atoms with E-state index in [0.29, 0.717) is 18.7 Å². The van der Waals surface area contributed by atoms with Gasteiger partial charge < -0.3 is 4.74 Å². The lowest BCUT2D eigenvalue weighted by atomic mass is 10.0. The van der Waals surface area contributed by atoms with Gasteiger partial charge in [-0.05, 0) is 52.5 Å². The Morgan fingerprint density at radius 2 is 2.00 bits per heavy atom. The normalized spacial score (nSPS) is 21.8. The molecule has 116 valence electrons. The van der Waals surface area contributed by atoms with E-state index in [1.807, 2.05) is 13.8 Å². The topological polar surface area (TPSA) is 41.6 Å². The molecule has 0 aromatic carbocycles. The maximum atomic E-state index is 12.4. The van der Waals surface area contributed by atoms with E-state index < -0.39 is 5.54 Å². The van der Waals surface area contributed by atoms with Gasteiger partial charge in [0.1, 0.15) is 5.54 Å². The van der Waals surface area contributed by atoms with Crippen LogP contribution >= 0.6 is 0 Å². The largest absolute Gasteiger partial charge is 0.465 e. The Morgan fingerprint density at radius 1 is 1.30 bits per heavy atom. The molecule has 0 spiro atoms. The fraction of sp³-hybridized carbons (Fsp3) is 0.938. The minimum Gasteiger partial charge on any atom is -0.465 e. The van der Waals surface area contributed by atoms with E-state index in [-0.39, 0.29) is 5.97 Å². The number of rotatable bonds is 10. The minimum atomic E-state index is -0.548. The van der Waals surface area contributed by atoms with Crippen molar-refractivity contribution in [2.45, 2.75) is 76.9 Å². The predicted octanol–water partition coefficient (Wildman–Crippen LogP) is 2.32. The molecule has 20 heavy (non-hydrogen) atoms. The smallest absolute Gasteiger partial charge is 0.327 e. The number of esters is 1. The van der Waals surface area contributed by atoms with E-state index in [1.54, 1.807) is 0 Å². The van der Waals surface area contributed by atoms with Gasteiger partial charge in [-0.25, -0.2) is 0 Å². The average Bonchev–Trinajstić information content (AvgIpc) is 3.26. The molecule has 0 heterocycles. The first-order valence-electron chi connectivity index (χ1n) is 8.28. The molecule has 0 radical (unpaired) electrons. The molecule has 0 aromatic heterocycles. The minimum absolute atomic E-state index is 0.0888. The molecule has 0 saturated heterocycles. The van der Waals surface area contributed by atoms with Crippen LogP contribution < -0.4 is 5.32 Å². The zero-order valence-electron chi connectivity index (χ0n) is 13.3. The zero-order valence-corrected chi connectivity index (χ0v) is 13.3. The second-order valence-electron chi connectivity index (χ2n) is 6.53. The second kappa shape index (κ2) is 6.90. The Bertz CT molecular complexity index is 326. The Balaban J connectivity index is 1.98. The highest BCUT2D eigenvalue weighted by Gasteiger charge is 2.43. The van der Waals surface area contributed by atoms with Gasteiger partial charge in [0.05, 0.1) is 6.61 Å². The lowest BCUT2D eigenvalue weighted by Gasteiger charge is -2.35. The van der Waals surface area contributed by atoms with E-state index in [0.717, 1.165) is 13.1 Å². The molecule has 1 N–H and O–H groups in total. The summed E-state index contributed by atoms with van der Waals surface area (Å²) in [4.78, 5) is 14.9. The van der Waals surface area contributed by atoms with Gasteiger partial charge in [-0.2, -0.15) is 0 Å². The third kappa shape index (κ3) is 4.45. The van der Waals surface area contributed by atoms with Crippen LogP contribution in [0.1, 0.15) is 59.3 Å². The summed E-state index contributed by atoms with van der Waals surface area (Å²) in [5, 5.41) is 3.53. The van der Waals surface area contributed by atoms with E-state index in [4.69, 9.17) is 4.74 Å². The van der Waals surface area contributed by atoms with Crippen molar-refractivity contribution < 1.29 is 9.53 Å². The first-order valence-corrected chi connectivity index (χ1v) is 8.28. The van der Waals surface area contributed by atoms with Gasteiger partial charge in [0, 0.05) is 18.6 Å². The van der Waals surface area contributed by atoms with Crippen LogP contribution in [0.15, 0.2) is 0 Å². The van der Waals surface area contributed by atoms with E-state index in [9.17, 15) is 4.79 Å². The van der Waals surface area contributed by atoms with Crippen LogP contribution in [0.25, 0.3) is 0 Å². The van der Waals surface area contributed by atoms with Crippen molar-refractivity contribution in [2.75, 3.05) is 19.7 Å². The van der Waals surface area contributed by atoms with Gasteiger partial charge in [0.25, 0.3) is 0 Å². The van der Waals surface area contributed by atoms with Crippen LogP contribution in [0, 0.1) is 0 Å². The number of nitrogens with one attached hydrogen (secondary N) is 1. The molecule has 0 bridgehead atoms. The molecular weight excluding hydrogens is 252 g/mol. The quantitative estimate of drug-likeness (QED) is 0.624. The molecular formula is C16H30N2O2. The number of hydrogen-bond acceptors (Lipinski definition) is 4. The number of hydrogen-bond donors (Lipinski definition) is 1. The third-order valence-electron chi connectivity index (χ3n) is 4.21. The van der Waals surface area contributed by atoms with Gasteiger partial charge in [-0.15, -0.1) is 0 Å². The fourth-order valence-electron chi connectivity index (χ4n) is 2.74. The van der Waals surface area contributed by atoms with Crippen molar-refractivity contribution >= 4 is 5.97 Å². The van der Waals surface area contributed by atoms with E-state index in [1.165, 1.54) is 38.5 Å². The second-order valence-corrected chi connectivity index (χ2v) is 6.53. The van der Waals surface area contributed by atoms with Gasteiger partial charge in [-0.3, -0.25) is 15.0 Å². The highest BCUT2D eigenvalue weighted by atomic mass is 16.5. The van der Waals surface area contributed by atoms with Crippen molar-refractivity contribution in [1.29, 1.82) is 0 Å². The highest BCUT2D eigenvalue weighted by molar-refractivity contribution is 5.80. The Hall–Kier alpha value is -0.610. The van der Waals surface area contributed by atoms with Crippen LogP contribution in [0.2, 0.25) is 0 Å². The fourth-order valence-corrected chi connectivity index (χ4v) is 2.74. The highest BCUT2D eigenvalue weighted by Crippen LogP contribution is 2.30. The molecule has 2 fully saturated rings. The molecule has 4 nitrogen and oxygen atoms in total. The number of carbonyl (C=O) groups is 1. The van der Waals surface area contributed by atoms with Crippen molar-refractivity contribution in [3.63, 3.8) is 0 Å². The van der Waals surface area contributed by atoms with E-state index >= 15 is 0 Å². The lowest BCUT2D eigenvalue weighted by Crippen LogP contribution is -2.58. The molecule has 2 rings (SSSR count). The number of unbranched alkanes of at least 4 members (excludes halogenated alkanes) is 1. The van der Waals surface area contributed by atoms with Crippen LogP contribution in [0.4, 0.5) is 0 Å². The molecule has 1 unspecified atom stereocenters. The summed E-state index contributed by atoms with van der Waals surface area (Å²) >= 11 is 0. The van der Waals surface area contributed by atoms with Gasteiger partial charge in [0.2, 0.25) is 0 Å². The standard InChI is InChI=1S/C16H30N2O2/c1-4-6-11-18(14-9-10-14)12-16(3,15(19)20-5-2)17-13-7-8-13/h13-14,17H,4-12H2,1-3H3. The monoisotopic (exact) mass is 282 g/mol. The van der Waals surface area contributed by atoms with Crippen LogP contribution in [-0.4, -0.2) is 48.2 Å². The first kappa shape index (κ1) is 15.8. The molecule has 2 aliphatic carbocycles. The Kier molecular flexibility index (Phi) is 5.44. The van der Waals surface area contributed by atoms with Crippen LogP contribution in [0.5, 0.6) is 0 Å².